The van der Waals surface area contributed by atoms with Crippen LogP contribution < -0.4 is 5.32 Å². The molecule has 120 valence electrons. The van der Waals surface area contributed by atoms with E-state index in [4.69, 9.17) is 0 Å². The molecule has 0 spiro atoms. The highest BCUT2D eigenvalue weighted by Crippen LogP contribution is 2.24. The summed E-state index contributed by atoms with van der Waals surface area (Å²) >= 11 is 3.20. The van der Waals surface area contributed by atoms with Crippen molar-refractivity contribution in [2.45, 2.75) is 32.7 Å². The topological polar surface area (TPSA) is 50.7 Å². The number of nitrogens with zero attached hydrogens (tertiary/aromatic N) is 3. The number of thiazole rings is 1. The van der Waals surface area contributed by atoms with Gasteiger partial charge in [0.2, 0.25) is 5.13 Å². The van der Waals surface area contributed by atoms with Gasteiger partial charge in [0.25, 0.3) is 0 Å². The zero-order chi connectivity index (χ0) is 16.2. The quantitative estimate of drug-likeness (QED) is 0.714. The van der Waals surface area contributed by atoms with Crippen molar-refractivity contribution >= 4 is 27.8 Å². The summed E-state index contributed by atoms with van der Waals surface area (Å²) in [5.74, 6) is -0.225. The van der Waals surface area contributed by atoms with Gasteiger partial charge in [0.05, 0.1) is 16.7 Å². The molecule has 0 aliphatic heterocycles. The van der Waals surface area contributed by atoms with Gasteiger partial charge in [-0.1, -0.05) is 30.4 Å². The number of hydrogen-bond acceptors (Lipinski definition) is 6. The van der Waals surface area contributed by atoms with Crippen LogP contribution in [0.2, 0.25) is 0 Å². The van der Waals surface area contributed by atoms with Crippen LogP contribution in [0.5, 0.6) is 0 Å². The minimum Gasteiger partial charge on any atom is -0.352 e. The van der Waals surface area contributed by atoms with E-state index in [1.54, 1.807) is 23.5 Å². The Kier molecular flexibility index (Phi) is 4.97. The number of halogens is 1. The molecule has 0 fully saturated rings. The average Bonchev–Trinajstić information content (AvgIpc) is 3.19. The average molecular weight is 348 g/mol. The molecule has 1 atom stereocenters. The normalized spacial score (nSPS) is 12.3. The van der Waals surface area contributed by atoms with Gasteiger partial charge in [-0.05, 0) is 31.0 Å². The van der Waals surface area contributed by atoms with Crippen molar-refractivity contribution in [3.8, 4) is 0 Å². The highest BCUT2D eigenvalue weighted by molar-refractivity contribution is 7.15. The number of aryl methyl sites for hydroxylation is 1. The van der Waals surface area contributed by atoms with Crippen molar-refractivity contribution in [3.05, 3.63) is 56.7 Å². The van der Waals surface area contributed by atoms with Crippen LogP contribution in [0.15, 0.2) is 29.6 Å². The van der Waals surface area contributed by atoms with Crippen LogP contribution in [0.1, 0.15) is 41.2 Å². The number of aromatic nitrogens is 3. The van der Waals surface area contributed by atoms with E-state index in [0.29, 0.717) is 6.42 Å². The predicted octanol–water partition coefficient (Wildman–Crippen LogP) is 4.46. The van der Waals surface area contributed by atoms with Crippen LogP contribution in [0.25, 0.3) is 0 Å². The molecule has 1 aromatic carbocycles. The van der Waals surface area contributed by atoms with E-state index in [1.165, 1.54) is 23.5 Å². The molecule has 0 aliphatic carbocycles. The molecule has 3 aromatic rings. The zero-order valence-corrected chi connectivity index (χ0v) is 14.5. The Morgan fingerprint density at radius 3 is 2.65 bits per heavy atom. The van der Waals surface area contributed by atoms with Crippen molar-refractivity contribution in [2.24, 2.45) is 0 Å². The number of benzene rings is 1. The van der Waals surface area contributed by atoms with Gasteiger partial charge in [0.15, 0.2) is 0 Å². The van der Waals surface area contributed by atoms with Crippen molar-refractivity contribution < 1.29 is 4.39 Å². The van der Waals surface area contributed by atoms with E-state index >= 15 is 0 Å². The van der Waals surface area contributed by atoms with Gasteiger partial charge < -0.3 is 5.32 Å². The Bertz CT molecular complexity index is 766. The summed E-state index contributed by atoms with van der Waals surface area (Å²) < 4.78 is 12.9. The van der Waals surface area contributed by atoms with E-state index in [0.717, 1.165) is 32.8 Å². The van der Waals surface area contributed by atoms with Gasteiger partial charge in [-0.25, -0.2) is 9.37 Å². The second-order valence-corrected chi connectivity index (χ2v) is 7.19. The summed E-state index contributed by atoms with van der Waals surface area (Å²) in [6, 6.07) is 6.57. The smallest absolute Gasteiger partial charge is 0.206 e. The van der Waals surface area contributed by atoms with E-state index < -0.39 is 0 Å². The third-order valence-corrected chi connectivity index (χ3v) is 5.26. The molecule has 7 heteroatoms. The summed E-state index contributed by atoms with van der Waals surface area (Å²) in [5.41, 5.74) is 2.05. The summed E-state index contributed by atoms with van der Waals surface area (Å²) in [7, 11) is 0. The predicted molar refractivity (Wildman–Crippen MR) is 92.6 cm³/mol. The molecule has 0 aliphatic rings. The lowest BCUT2D eigenvalue weighted by molar-refractivity contribution is 0.627. The van der Waals surface area contributed by atoms with Gasteiger partial charge in [-0.2, -0.15) is 0 Å². The molecule has 1 N–H and O–H groups in total. The summed E-state index contributed by atoms with van der Waals surface area (Å²) in [6.07, 6.45) is 1.61. The second kappa shape index (κ2) is 7.14. The minimum atomic E-state index is -0.225. The molecule has 0 saturated heterocycles. The first kappa shape index (κ1) is 16.0. The van der Waals surface area contributed by atoms with Crippen LogP contribution in [0, 0.1) is 5.82 Å². The lowest BCUT2D eigenvalue weighted by Gasteiger charge is -2.08. The molecule has 1 unspecified atom stereocenters. The van der Waals surface area contributed by atoms with Crippen LogP contribution in [-0.2, 0) is 12.8 Å². The van der Waals surface area contributed by atoms with E-state index in [2.05, 4.69) is 39.7 Å². The SMILES string of the molecule is CCc1nc(C(C)Nc2nnc(Cc3ccc(F)cc3)s2)cs1. The van der Waals surface area contributed by atoms with Gasteiger partial charge in [0, 0.05) is 11.8 Å². The molecule has 0 amide bonds. The fourth-order valence-corrected chi connectivity index (χ4v) is 3.81. The lowest BCUT2D eigenvalue weighted by atomic mass is 10.2. The standard InChI is InChI=1S/C16H17FN4S2/c1-3-14-19-13(9-22-14)10(2)18-16-21-20-15(23-16)8-11-4-6-12(17)7-5-11/h4-7,9-10H,3,8H2,1-2H3,(H,18,21). The maximum Gasteiger partial charge on any atom is 0.206 e. The maximum atomic E-state index is 12.9. The van der Waals surface area contributed by atoms with Gasteiger partial charge in [-0.3, -0.25) is 0 Å². The van der Waals surface area contributed by atoms with Gasteiger partial charge in [-0.15, -0.1) is 21.5 Å². The Labute approximate surface area is 142 Å². The molecule has 2 aromatic heterocycles. The van der Waals surface area contributed by atoms with Crippen LogP contribution >= 0.6 is 22.7 Å². The van der Waals surface area contributed by atoms with Crippen molar-refractivity contribution in [1.29, 1.82) is 0 Å². The highest BCUT2D eigenvalue weighted by Gasteiger charge is 2.12. The highest BCUT2D eigenvalue weighted by atomic mass is 32.1. The molecule has 4 nitrogen and oxygen atoms in total. The largest absolute Gasteiger partial charge is 0.352 e. The Hall–Kier alpha value is -1.86. The molecular formula is C16H17FN4S2. The van der Waals surface area contributed by atoms with Gasteiger partial charge in [0.1, 0.15) is 10.8 Å². The Morgan fingerprint density at radius 2 is 1.96 bits per heavy atom. The van der Waals surface area contributed by atoms with Crippen LogP contribution in [0.3, 0.4) is 0 Å². The molecule has 3 rings (SSSR count). The second-order valence-electron chi connectivity index (χ2n) is 5.19. The Balaban J connectivity index is 1.63. The van der Waals surface area contributed by atoms with Crippen molar-refractivity contribution in [3.63, 3.8) is 0 Å². The number of anilines is 1. The number of hydrogen-bond donors (Lipinski definition) is 1. The van der Waals surface area contributed by atoms with Crippen molar-refractivity contribution in [1.82, 2.24) is 15.2 Å². The summed E-state index contributed by atoms with van der Waals surface area (Å²) in [6.45, 7) is 4.17. The molecule has 0 radical (unpaired) electrons. The zero-order valence-electron chi connectivity index (χ0n) is 12.9. The van der Waals surface area contributed by atoms with Crippen LogP contribution in [-0.4, -0.2) is 15.2 Å². The van der Waals surface area contributed by atoms with Gasteiger partial charge >= 0.3 is 0 Å². The monoisotopic (exact) mass is 348 g/mol. The first-order valence-electron chi connectivity index (χ1n) is 7.41. The number of nitrogens with one attached hydrogen (secondary N) is 1. The first-order valence-corrected chi connectivity index (χ1v) is 9.11. The van der Waals surface area contributed by atoms with E-state index in [1.807, 2.05) is 0 Å². The Morgan fingerprint density at radius 1 is 1.17 bits per heavy atom. The fourth-order valence-electron chi connectivity index (χ4n) is 2.11. The molecule has 2 heterocycles. The lowest BCUT2D eigenvalue weighted by Crippen LogP contribution is -2.06. The third kappa shape index (κ3) is 4.11. The van der Waals surface area contributed by atoms with Crippen LogP contribution in [0.4, 0.5) is 9.52 Å². The third-order valence-electron chi connectivity index (χ3n) is 3.39. The van der Waals surface area contributed by atoms with E-state index in [-0.39, 0.29) is 11.9 Å². The van der Waals surface area contributed by atoms with Crippen molar-refractivity contribution in [2.75, 3.05) is 5.32 Å². The molecule has 0 saturated carbocycles. The molecule has 0 bridgehead atoms. The summed E-state index contributed by atoms with van der Waals surface area (Å²) in [4.78, 5) is 4.58. The minimum absolute atomic E-state index is 0.0955. The van der Waals surface area contributed by atoms with E-state index in [9.17, 15) is 4.39 Å². The fraction of sp³-hybridized carbons (Fsp3) is 0.312. The maximum absolute atomic E-state index is 12.9. The summed E-state index contributed by atoms with van der Waals surface area (Å²) in [5, 5.41) is 16.6. The molecule has 23 heavy (non-hydrogen) atoms. The number of rotatable bonds is 6. The molecular weight excluding hydrogens is 331 g/mol. The first-order chi connectivity index (χ1) is 11.1.